The Morgan fingerprint density at radius 2 is 2.05 bits per heavy atom. The summed E-state index contributed by atoms with van der Waals surface area (Å²) in [6.45, 7) is 1.80. The molecule has 0 saturated heterocycles. The SMILES string of the molecule is Cc1cnc(Nc2c(C(=O)O)cc(Cl)c(F)c2F)c(Br)c1. The Labute approximate surface area is 131 Å². The second kappa shape index (κ2) is 5.95. The first-order valence-electron chi connectivity index (χ1n) is 5.61. The smallest absolute Gasteiger partial charge is 0.337 e. The molecule has 0 fully saturated rings. The quantitative estimate of drug-likeness (QED) is 0.772. The van der Waals surface area contributed by atoms with E-state index in [1.807, 2.05) is 0 Å². The molecule has 0 bridgehead atoms. The van der Waals surface area contributed by atoms with Gasteiger partial charge in [-0.25, -0.2) is 18.6 Å². The fraction of sp³-hybridized carbons (Fsp3) is 0.0769. The van der Waals surface area contributed by atoms with Gasteiger partial charge in [0.15, 0.2) is 11.6 Å². The summed E-state index contributed by atoms with van der Waals surface area (Å²) in [5.74, 6) is -3.99. The number of rotatable bonds is 3. The number of aryl methyl sites for hydroxylation is 1. The van der Waals surface area contributed by atoms with Gasteiger partial charge in [-0.2, -0.15) is 0 Å². The van der Waals surface area contributed by atoms with E-state index in [0.29, 0.717) is 4.47 Å². The second-order valence-electron chi connectivity index (χ2n) is 4.18. The van der Waals surface area contributed by atoms with Gasteiger partial charge in [-0.3, -0.25) is 0 Å². The van der Waals surface area contributed by atoms with E-state index in [0.717, 1.165) is 11.6 Å². The predicted molar refractivity (Wildman–Crippen MR) is 78.3 cm³/mol. The van der Waals surface area contributed by atoms with E-state index in [2.05, 4.69) is 26.2 Å². The van der Waals surface area contributed by atoms with E-state index in [1.165, 1.54) is 6.20 Å². The van der Waals surface area contributed by atoms with E-state index in [9.17, 15) is 13.6 Å². The molecule has 1 heterocycles. The number of halogens is 4. The van der Waals surface area contributed by atoms with Gasteiger partial charge in [0.1, 0.15) is 5.82 Å². The van der Waals surface area contributed by atoms with Crippen LogP contribution in [0.5, 0.6) is 0 Å². The highest BCUT2D eigenvalue weighted by Gasteiger charge is 2.22. The first-order chi connectivity index (χ1) is 9.81. The maximum atomic E-state index is 14.0. The lowest BCUT2D eigenvalue weighted by Gasteiger charge is -2.13. The standard InChI is InChI=1S/C13H8BrClF2N2O2/c1-5-2-7(14)12(18-4-5)19-11-6(13(20)21)3-8(15)9(16)10(11)17/h2-4H,1H3,(H,18,19)(H,20,21). The minimum absolute atomic E-state index is 0.156. The number of hydrogen-bond donors (Lipinski definition) is 2. The van der Waals surface area contributed by atoms with Crippen LogP contribution in [0.1, 0.15) is 15.9 Å². The molecule has 4 nitrogen and oxygen atoms in total. The first-order valence-corrected chi connectivity index (χ1v) is 6.78. The van der Waals surface area contributed by atoms with Crippen LogP contribution in [-0.2, 0) is 0 Å². The molecule has 2 rings (SSSR count). The topological polar surface area (TPSA) is 62.2 Å². The molecule has 0 aliphatic rings. The van der Waals surface area contributed by atoms with Crippen LogP contribution in [0, 0.1) is 18.6 Å². The molecule has 0 aliphatic heterocycles. The van der Waals surface area contributed by atoms with E-state index in [-0.39, 0.29) is 5.82 Å². The average Bonchev–Trinajstić information content (AvgIpc) is 2.41. The summed E-state index contributed by atoms with van der Waals surface area (Å²) in [4.78, 5) is 15.1. The summed E-state index contributed by atoms with van der Waals surface area (Å²) >= 11 is 8.67. The largest absolute Gasteiger partial charge is 0.478 e. The van der Waals surface area contributed by atoms with Gasteiger partial charge < -0.3 is 10.4 Å². The molecule has 1 aromatic heterocycles. The molecule has 0 amide bonds. The minimum atomic E-state index is -1.44. The summed E-state index contributed by atoms with van der Waals surface area (Å²) in [5.41, 5.74) is -0.191. The third-order valence-corrected chi connectivity index (χ3v) is 3.49. The Bertz CT molecular complexity index is 741. The van der Waals surface area contributed by atoms with Crippen LogP contribution in [0.15, 0.2) is 22.8 Å². The van der Waals surface area contributed by atoms with Crippen molar-refractivity contribution in [1.82, 2.24) is 4.98 Å². The molecule has 2 aromatic rings. The van der Waals surface area contributed by atoms with Crippen LogP contribution in [0.3, 0.4) is 0 Å². The Morgan fingerprint density at radius 3 is 2.62 bits per heavy atom. The zero-order valence-electron chi connectivity index (χ0n) is 10.5. The number of hydrogen-bond acceptors (Lipinski definition) is 3. The summed E-state index contributed by atoms with van der Waals surface area (Å²) in [6, 6.07) is 2.53. The number of aromatic carboxylic acids is 1. The van der Waals surface area contributed by atoms with Gasteiger partial charge in [0.2, 0.25) is 0 Å². The molecular weight excluding hydrogens is 370 g/mol. The molecule has 0 aliphatic carbocycles. The molecule has 0 radical (unpaired) electrons. The van der Waals surface area contributed by atoms with Crippen molar-refractivity contribution in [1.29, 1.82) is 0 Å². The van der Waals surface area contributed by atoms with Crippen LogP contribution in [0.2, 0.25) is 5.02 Å². The van der Waals surface area contributed by atoms with Crippen LogP contribution >= 0.6 is 27.5 Å². The fourth-order valence-corrected chi connectivity index (χ4v) is 2.38. The number of carboxylic acids is 1. The Hall–Kier alpha value is -1.73. The Balaban J connectivity index is 2.57. The van der Waals surface area contributed by atoms with Gasteiger partial charge in [-0.15, -0.1) is 0 Å². The van der Waals surface area contributed by atoms with Gasteiger partial charge in [-0.05, 0) is 40.5 Å². The van der Waals surface area contributed by atoms with Crippen molar-refractivity contribution in [2.24, 2.45) is 0 Å². The molecular formula is C13H8BrClF2N2O2. The number of carboxylic acid groups (broad SMARTS) is 1. The van der Waals surface area contributed by atoms with Crippen molar-refractivity contribution >= 4 is 45.0 Å². The number of nitrogens with zero attached hydrogens (tertiary/aromatic N) is 1. The van der Waals surface area contributed by atoms with Crippen LogP contribution in [-0.4, -0.2) is 16.1 Å². The zero-order chi connectivity index (χ0) is 15.7. The third kappa shape index (κ3) is 3.14. The molecule has 8 heteroatoms. The Kier molecular flexibility index (Phi) is 4.43. The number of anilines is 2. The Morgan fingerprint density at radius 1 is 1.38 bits per heavy atom. The molecule has 0 saturated carbocycles. The highest BCUT2D eigenvalue weighted by Crippen LogP contribution is 2.32. The van der Waals surface area contributed by atoms with Crippen LogP contribution < -0.4 is 5.32 Å². The van der Waals surface area contributed by atoms with Crippen molar-refractivity contribution in [2.75, 3.05) is 5.32 Å². The number of carbonyl (C=O) groups is 1. The van der Waals surface area contributed by atoms with Gasteiger partial charge >= 0.3 is 5.97 Å². The average molecular weight is 378 g/mol. The lowest BCUT2D eigenvalue weighted by molar-refractivity contribution is 0.0697. The lowest BCUT2D eigenvalue weighted by atomic mass is 10.1. The molecule has 0 unspecified atom stereocenters. The number of nitrogens with one attached hydrogen (secondary N) is 1. The molecule has 2 N–H and O–H groups in total. The van der Waals surface area contributed by atoms with E-state index >= 15 is 0 Å². The molecule has 21 heavy (non-hydrogen) atoms. The molecule has 0 spiro atoms. The summed E-state index contributed by atoms with van der Waals surface area (Å²) in [5, 5.41) is 10.9. The van der Waals surface area contributed by atoms with Crippen molar-refractivity contribution in [2.45, 2.75) is 6.92 Å². The van der Waals surface area contributed by atoms with Crippen LogP contribution in [0.25, 0.3) is 0 Å². The summed E-state index contributed by atoms with van der Waals surface area (Å²) in [6.07, 6.45) is 1.50. The second-order valence-corrected chi connectivity index (χ2v) is 5.44. The highest BCUT2D eigenvalue weighted by molar-refractivity contribution is 9.10. The molecule has 0 atom stereocenters. The molecule has 1 aromatic carbocycles. The van der Waals surface area contributed by atoms with Gasteiger partial charge in [-0.1, -0.05) is 11.6 Å². The predicted octanol–water partition coefficient (Wildman–Crippen LogP) is 4.53. The third-order valence-electron chi connectivity index (χ3n) is 2.61. The number of aromatic nitrogens is 1. The highest BCUT2D eigenvalue weighted by atomic mass is 79.9. The minimum Gasteiger partial charge on any atom is -0.478 e. The maximum absolute atomic E-state index is 14.0. The fourth-order valence-electron chi connectivity index (χ4n) is 1.63. The van der Waals surface area contributed by atoms with E-state index < -0.39 is 33.9 Å². The number of pyridine rings is 1. The lowest BCUT2D eigenvalue weighted by Crippen LogP contribution is -2.08. The monoisotopic (exact) mass is 376 g/mol. The number of benzene rings is 1. The maximum Gasteiger partial charge on any atom is 0.337 e. The van der Waals surface area contributed by atoms with Gasteiger partial charge in [0, 0.05) is 6.20 Å². The van der Waals surface area contributed by atoms with E-state index in [4.69, 9.17) is 16.7 Å². The van der Waals surface area contributed by atoms with Gasteiger partial charge in [0.25, 0.3) is 0 Å². The summed E-state index contributed by atoms with van der Waals surface area (Å²) in [7, 11) is 0. The van der Waals surface area contributed by atoms with Crippen molar-refractivity contribution in [3.63, 3.8) is 0 Å². The van der Waals surface area contributed by atoms with Crippen molar-refractivity contribution in [3.8, 4) is 0 Å². The first kappa shape index (κ1) is 15.7. The van der Waals surface area contributed by atoms with Crippen LogP contribution in [0.4, 0.5) is 20.3 Å². The van der Waals surface area contributed by atoms with Gasteiger partial charge in [0.05, 0.1) is 20.7 Å². The van der Waals surface area contributed by atoms with E-state index in [1.54, 1.807) is 13.0 Å². The summed E-state index contributed by atoms with van der Waals surface area (Å²) < 4.78 is 28.0. The van der Waals surface area contributed by atoms with Crippen molar-refractivity contribution in [3.05, 3.63) is 50.6 Å². The normalized spacial score (nSPS) is 10.5. The zero-order valence-corrected chi connectivity index (χ0v) is 12.9. The van der Waals surface area contributed by atoms with Crippen molar-refractivity contribution < 1.29 is 18.7 Å². The molecule has 110 valence electrons.